The van der Waals surface area contributed by atoms with Crippen molar-refractivity contribution in [1.82, 2.24) is 9.88 Å². The summed E-state index contributed by atoms with van der Waals surface area (Å²) in [5, 5.41) is 1.23. The number of para-hydroxylation sites is 1. The molecule has 1 saturated heterocycles. The van der Waals surface area contributed by atoms with E-state index in [1.807, 2.05) is 0 Å². The molecule has 1 aliphatic rings. The van der Waals surface area contributed by atoms with Crippen molar-refractivity contribution in [3.05, 3.63) is 42.1 Å². The lowest BCUT2D eigenvalue weighted by molar-refractivity contribution is 0.327. The summed E-state index contributed by atoms with van der Waals surface area (Å²) in [6, 6.07) is 12.6. The van der Waals surface area contributed by atoms with Crippen molar-refractivity contribution in [3.8, 4) is 0 Å². The molecule has 1 aromatic heterocycles. The zero-order valence-electron chi connectivity index (χ0n) is 9.39. The third-order valence-corrected chi connectivity index (χ3v) is 3.24. The third-order valence-electron chi connectivity index (χ3n) is 3.24. The van der Waals surface area contributed by atoms with Gasteiger partial charge in [0.2, 0.25) is 0 Å². The van der Waals surface area contributed by atoms with Crippen molar-refractivity contribution >= 4 is 10.9 Å². The van der Waals surface area contributed by atoms with Gasteiger partial charge in [-0.3, -0.25) is 9.88 Å². The number of fused-ring (bicyclic) bond motifs is 1. The van der Waals surface area contributed by atoms with E-state index in [2.05, 4.69) is 41.3 Å². The van der Waals surface area contributed by atoms with Crippen LogP contribution in [0.25, 0.3) is 10.9 Å². The Morgan fingerprint density at radius 1 is 1.00 bits per heavy atom. The van der Waals surface area contributed by atoms with Gasteiger partial charge in [-0.25, -0.2) is 0 Å². The number of aromatic nitrogens is 1. The van der Waals surface area contributed by atoms with Crippen molar-refractivity contribution in [3.63, 3.8) is 0 Å². The predicted octanol–water partition coefficient (Wildman–Crippen LogP) is 2.83. The molecule has 0 unspecified atom stereocenters. The Morgan fingerprint density at radius 3 is 2.69 bits per heavy atom. The van der Waals surface area contributed by atoms with Crippen LogP contribution >= 0.6 is 0 Å². The summed E-state index contributed by atoms with van der Waals surface area (Å²) in [5.74, 6) is 0. The Balaban J connectivity index is 1.86. The highest BCUT2D eigenvalue weighted by atomic mass is 15.1. The fraction of sp³-hybridized carbons (Fsp3) is 0.357. The van der Waals surface area contributed by atoms with Gasteiger partial charge in [-0.15, -0.1) is 0 Å². The average Bonchev–Trinajstić information content (AvgIpc) is 2.82. The van der Waals surface area contributed by atoms with Crippen molar-refractivity contribution in [1.29, 1.82) is 0 Å². The van der Waals surface area contributed by atoms with Crippen LogP contribution in [0.4, 0.5) is 0 Å². The van der Waals surface area contributed by atoms with E-state index >= 15 is 0 Å². The molecule has 0 amide bonds. The van der Waals surface area contributed by atoms with E-state index < -0.39 is 0 Å². The van der Waals surface area contributed by atoms with E-state index in [0.29, 0.717) is 0 Å². The van der Waals surface area contributed by atoms with Crippen molar-refractivity contribution in [2.75, 3.05) is 13.1 Å². The van der Waals surface area contributed by atoms with E-state index in [9.17, 15) is 0 Å². The fourth-order valence-electron chi connectivity index (χ4n) is 2.37. The first-order valence-corrected chi connectivity index (χ1v) is 5.99. The minimum absolute atomic E-state index is 1.00. The van der Waals surface area contributed by atoms with Gasteiger partial charge in [-0.1, -0.05) is 24.3 Å². The van der Waals surface area contributed by atoms with Crippen LogP contribution in [0.5, 0.6) is 0 Å². The summed E-state index contributed by atoms with van der Waals surface area (Å²) in [6.07, 6.45) is 2.68. The standard InChI is InChI=1S/C14H16N2/c1-2-6-14-12(5-1)7-8-13(15-14)11-16-9-3-4-10-16/h1-2,5-8H,3-4,9-11H2. The van der Waals surface area contributed by atoms with Crippen LogP contribution < -0.4 is 0 Å². The smallest absolute Gasteiger partial charge is 0.0705 e. The van der Waals surface area contributed by atoms with E-state index in [1.54, 1.807) is 0 Å². The zero-order chi connectivity index (χ0) is 10.8. The van der Waals surface area contributed by atoms with Gasteiger partial charge >= 0.3 is 0 Å². The summed E-state index contributed by atoms with van der Waals surface area (Å²) in [6.45, 7) is 3.47. The first-order chi connectivity index (χ1) is 7.92. The molecule has 82 valence electrons. The lowest BCUT2D eigenvalue weighted by atomic mass is 10.2. The number of nitrogens with zero attached hydrogens (tertiary/aromatic N) is 2. The van der Waals surface area contributed by atoms with Crippen LogP contribution in [-0.4, -0.2) is 23.0 Å². The molecule has 0 radical (unpaired) electrons. The molecule has 1 fully saturated rings. The van der Waals surface area contributed by atoms with E-state index in [0.717, 1.165) is 12.1 Å². The Hall–Kier alpha value is -1.41. The van der Waals surface area contributed by atoms with Gasteiger partial charge in [0.05, 0.1) is 11.2 Å². The van der Waals surface area contributed by atoms with Crippen molar-refractivity contribution < 1.29 is 0 Å². The number of hydrogen-bond donors (Lipinski definition) is 0. The average molecular weight is 212 g/mol. The molecular weight excluding hydrogens is 196 g/mol. The minimum atomic E-state index is 1.00. The lowest BCUT2D eigenvalue weighted by Crippen LogP contribution is -2.18. The molecule has 0 saturated carbocycles. The molecule has 0 N–H and O–H groups in total. The van der Waals surface area contributed by atoms with E-state index in [4.69, 9.17) is 4.98 Å². The monoisotopic (exact) mass is 212 g/mol. The highest BCUT2D eigenvalue weighted by molar-refractivity contribution is 5.78. The quantitative estimate of drug-likeness (QED) is 0.761. The SMILES string of the molecule is c1ccc2nc(CN3CCCC3)ccc2c1. The van der Waals surface area contributed by atoms with E-state index in [1.165, 1.54) is 37.0 Å². The van der Waals surface area contributed by atoms with Gasteiger partial charge in [-0.2, -0.15) is 0 Å². The number of hydrogen-bond acceptors (Lipinski definition) is 2. The lowest BCUT2D eigenvalue weighted by Gasteiger charge is -2.13. The molecule has 2 heterocycles. The second-order valence-corrected chi connectivity index (χ2v) is 4.48. The molecule has 2 heteroatoms. The summed E-state index contributed by atoms with van der Waals surface area (Å²) < 4.78 is 0. The van der Waals surface area contributed by atoms with Crippen LogP contribution in [0.2, 0.25) is 0 Å². The van der Waals surface area contributed by atoms with Gasteiger partial charge in [0.15, 0.2) is 0 Å². The van der Waals surface area contributed by atoms with Crippen LogP contribution in [0.3, 0.4) is 0 Å². The molecule has 2 nitrogen and oxygen atoms in total. The fourth-order valence-corrected chi connectivity index (χ4v) is 2.37. The maximum Gasteiger partial charge on any atom is 0.0705 e. The molecule has 16 heavy (non-hydrogen) atoms. The van der Waals surface area contributed by atoms with Gasteiger partial charge in [0, 0.05) is 11.9 Å². The first kappa shape index (κ1) is 9.79. The molecule has 0 aliphatic carbocycles. The highest BCUT2D eigenvalue weighted by Crippen LogP contribution is 2.15. The Morgan fingerprint density at radius 2 is 1.81 bits per heavy atom. The minimum Gasteiger partial charge on any atom is -0.298 e. The van der Waals surface area contributed by atoms with Crippen LogP contribution in [0.15, 0.2) is 36.4 Å². The highest BCUT2D eigenvalue weighted by Gasteiger charge is 2.12. The molecular formula is C14H16N2. The second-order valence-electron chi connectivity index (χ2n) is 4.48. The van der Waals surface area contributed by atoms with Crippen molar-refractivity contribution in [2.24, 2.45) is 0 Å². The Kier molecular flexibility index (Phi) is 2.58. The third kappa shape index (κ3) is 1.93. The van der Waals surface area contributed by atoms with Crippen LogP contribution in [0, 0.1) is 0 Å². The van der Waals surface area contributed by atoms with E-state index in [-0.39, 0.29) is 0 Å². The predicted molar refractivity (Wildman–Crippen MR) is 66.3 cm³/mol. The summed E-state index contributed by atoms with van der Waals surface area (Å²) >= 11 is 0. The normalized spacial score (nSPS) is 17.0. The Bertz CT molecular complexity index is 487. The molecule has 0 bridgehead atoms. The number of likely N-dealkylation sites (tertiary alicyclic amines) is 1. The van der Waals surface area contributed by atoms with Gasteiger partial charge < -0.3 is 0 Å². The summed E-state index contributed by atoms with van der Waals surface area (Å²) in [7, 11) is 0. The maximum absolute atomic E-state index is 4.70. The molecule has 1 aliphatic heterocycles. The first-order valence-electron chi connectivity index (χ1n) is 5.99. The summed E-state index contributed by atoms with van der Waals surface area (Å²) in [4.78, 5) is 7.18. The van der Waals surface area contributed by atoms with Crippen LogP contribution in [-0.2, 0) is 6.54 Å². The van der Waals surface area contributed by atoms with Gasteiger partial charge in [0.1, 0.15) is 0 Å². The number of rotatable bonds is 2. The maximum atomic E-state index is 4.70. The number of benzene rings is 1. The number of pyridine rings is 1. The molecule has 0 spiro atoms. The molecule has 1 aromatic carbocycles. The van der Waals surface area contributed by atoms with Crippen molar-refractivity contribution in [2.45, 2.75) is 19.4 Å². The molecule has 2 aromatic rings. The van der Waals surface area contributed by atoms with Gasteiger partial charge in [-0.05, 0) is 38.1 Å². The molecule has 3 rings (SSSR count). The van der Waals surface area contributed by atoms with Crippen LogP contribution in [0.1, 0.15) is 18.5 Å². The largest absolute Gasteiger partial charge is 0.298 e. The summed E-state index contributed by atoms with van der Waals surface area (Å²) in [5.41, 5.74) is 2.31. The van der Waals surface area contributed by atoms with Gasteiger partial charge in [0.25, 0.3) is 0 Å². The Labute approximate surface area is 95.9 Å². The second kappa shape index (κ2) is 4.22. The topological polar surface area (TPSA) is 16.1 Å². The molecule has 0 atom stereocenters. The zero-order valence-corrected chi connectivity index (χ0v) is 9.39.